The van der Waals surface area contributed by atoms with E-state index in [1.165, 1.54) is 11.6 Å². The van der Waals surface area contributed by atoms with Crippen LogP contribution in [0.2, 0.25) is 0 Å². The molecule has 4 rings (SSSR count). The number of nitrogens with zero attached hydrogens (tertiary/aromatic N) is 3. The van der Waals surface area contributed by atoms with Gasteiger partial charge in [0.2, 0.25) is 5.91 Å². The van der Waals surface area contributed by atoms with Gasteiger partial charge in [0, 0.05) is 44.8 Å². The fourth-order valence-corrected chi connectivity index (χ4v) is 5.13. The first-order valence-corrected chi connectivity index (χ1v) is 12.4. The Labute approximate surface area is 202 Å². The molecule has 6 nitrogen and oxygen atoms in total. The summed E-state index contributed by atoms with van der Waals surface area (Å²) >= 11 is 0. The number of carbonyl (C=O) groups excluding carboxylic acids is 1. The molecule has 2 N–H and O–H groups in total. The lowest BCUT2D eigenvalue weighted by Gasteiger charge is -2.39. The van der Waals surface area contributed by atoms with E-state index in [0.717, 1.165) is 63.4 Å². The minimum Gasteiger partial charge on any atom is -0.496 e. The Hall–Kier alpha value is -2.48. The van der Waals surface area contributed by atoms with Crippen LogP contribution in [0.15, 0.2) is 48.5 Å². The normalized spacial score (nSPS) is 19.2. The number of methoxy groups -OCH3 is 1. The molecule has 34 heavy (non-hydrogen) atoms. The SMILES string of the molecule is COc1ccccc1CN1CCN(C(=O)[C@H](N)C2CCN(CCc3ccccc3F)CC2)CC1. The Bertz CT molecular complexity index is 940. The number of carbonyl (C=O) groups is 1. The Kier molecular flexibility index (Phi) is 8.53. The number of benzene rings is 2. The van der Waals surface area contributed by atoms with E-state index in [9.17, 15) is 9.18 Å². The van der Waals surface area contributed by atoms with E-state index in [1.54, 1.807) is 13.2 Å². The summed E-state index contributed by atoms with van der Waals surface area (Å²) in [7, 11) is 1.70. The van der Waals surface area contributed by atoms with Gasteiger partial charge in [-0.15, -0.1) is 0 Å². The smallest absolute Gasteiger partial charge is 0.239 e. The van der Waals surface area contributed by atoms with E-state index in [-0.39, 0.29) is 17.6 Å². The molecule has 2 aliphatic rings. The van der Waals surface area contributed by atoms with Crippen molar-refractivity contribution >= 4 is 5.91 Å². The minimum absolute atomic E-state index is 0.0850. The van der Waals surface area contributed by atoms with E-state index >= 15 is 0 Å². The Morgan fingerprint density at radius 1 is 0.971 bits per heavy atom. The molecule has 184 valence electrons. The number of ether oxygens (including phenoxy) is 1. The number of rotatable bonds is 8. The number of likely N-dealkylation sites (tertiary alicyclic amines) is 1. The fraction of sp³-hybridized carbons (Fsp3) is 0.519. The molecule has 0 spiro atoms. The summed E-state index contributed by atoms with van der Waals surface area (Å²) in [5.41, 5.74) is 8.39. The molecule has 2 heterocycles. The number of hydrogen-bond acceptors (Lipinski definition) is 5. The maximum absolute atomic E-state index is 13.9. The van der Waals surface area contributed by atoms with Gasteiger partial charge in [0.1, 0.15) is 11.6 Å². The predicted octanol–water partition coefficient (Wildman–Crippen LogP) is 2.76. The number of amides is 1. The lowest BCUT2D eigenvalue weighted by atomic mass is 9.88. The van der Waals surface area contributed by atoms with Crippen LogP contribution < -0.4 is 10.5 Å². The van der Waals surface area contributed by atoms with E-state index in [0.29, 0.717) is 19.5 Å². The number of piperazine rings is 1. The first kappa shape index (κ1) is 24.6. The zero-order chi connectivity index (χ0) is 23.9. The van der Waals surface area contributed by atoms with Crippen LogP contribution in [0.3, 0.4) is 0 Å². The zero-order valence-corrected chi connectivity index (χ0v) is 20.2. The van der Waals surface area contributed by atoms with Gasteiger partial charge in [0.25, 0.3) is 0 Å². The first-order chi connectivity index (χ1) is 16.5. The van der Waals surface area contributed by atoms with Crippen LogP contribution in [-0.2, 0) is 17.8 Å². The van der Waals surface area contributed by atoms with Crippen molar-refractivity contribution in [2.75, 3.05) is 52.9 Å². The van der Waals surface area contributed by atoms with Crippen molar-refractivity contribution in [2.45, 2.75) is 31.8 Å². The summed E-state index contributed by atoms with van der Waals surface area (Å²) in [5.74, 6) is 1.07. The molecule has 2 aliphatic heterocycles. The van der Waals surface area contributed by atoms with Crippen LogP contribution in [0.1, 0.15) is 24.0 Å². The first-order valence-electron chi connectivity index (χ1n) is 12.4. The fourth-order valence-electron chi connectivity index (χ4n) is 5.13. The highest BCUT2D eigenvalue weighted by molar-refractivity contribution is 5.82. The summed E-state index contributed by atoms with van der Waals surface area (Å²) in [6.07, 6.45) is 2.54. The van der Waals surface area contributed by atoms with Gasteiger partial charge in [0.15, 0.2) is 0 Å². The topological polar surface area (TPSA) is 62.0 Å². The molecular weight excluding hydrogens is 431 g/mol. The van der Waals surface area contributed by atoms with Crippen LogP contribution >= 0.6 is 0 Å². The highest BCUT2D eigenvalue weighted by Crippen LogP contribution is 2.23. The molecular formula is C27H37FN4O2. The second-order valence-electron chi connectivity index (χ2n) is 9.46. The lowest BCUT2D eigenvalue weighted by Crippen LogP contribution is -2.55. The molecule has 0 aromatic heterocycles. The third-order valence-corrected chi connectivity index (χ3v) is 7.35. The maximum Gasteiger partial charge on any atom is 0.239 e. The van der Waals surface area contributed by atoms with Gasteiger partial charge >= 0.3 is 0 Å². The monoisotopic (exact) mass is 468 g/mol. The lowest BCUT2D eigenvalue weighted by molar-refractivity contribution is -0.136. The van der Waals surface area contributed by atoms with Crippen molar-refractivity contribution in [3.05, 3.63) is 65.5 Å². The summed E-state index contributed by atoms with van der Waals surface area (Å²) in [5, 5.41) is 0. The van der Waals surface area contributed by atoms with Crippen molar-refractivity contribution in [1.82, 2.24) is 14.7 Å². The summed E-state index contributed by atoms with van der Waals surface area (Å²) in [6.45, 7) is 6.58. The van der Waals surface area contributed by atoms with Crippen LogP contribution in [0.5, 0.6) is 5.75 Å². The molecule has 1 amide bonds. The highest BCUT2D eigenvalue weighted by Gasteiger charge is 2.32. The van der Waals surface area contributed by atoms with Crippen LogP contribution in [-0.4, -0.2) is 79.6 Å². The Balaban J connectivity index is 1.19. The average Bonchev–Trinajstić information content (AvgIpc) is 2.88. The molecule has 1 atom stereocenters. The van der Waals surface area contributed by atoms with Crippen molar-refractivity contribution in [2.24, 2.45) is 11.7 Å². The largest absolute Gasteiger partial charge is 0.496 e. The number of para-hydroxylation sites is 1. The number of halogens is 1. The average molecular weight is 469 g/mol. The second kappa shape index (κ2) is 11.8. The predicted molar refractivity (Wildman–Crippen MR) is 132 cm³/mol. The van der Waals surface area contributed by atoms with Gasteiger partial charge in [-0.3, -0.25) is 9.69 Å². The van der Waals surface area contributed by atoms with E-state index in [1.807, 2.05) is 35.2 Å². The number of hydrogen-bond donors (Lipinski definition) is 1. The molecule has 0 saturated carbocycles. The quantitative estimate of drug-likeness (QED) is 0.646. The van der Waals surface area contributed by atoms with Gasteiger partial charge in [0.05, 0.1) is 13.2 Å². The third-order valence-electron chi connectivity index (χ3n) is 7.35. The van der Waals surface area contributed by atoms with Gasteiger partial charge < -0.3 is 20.3 Å². The van der Waals surface area contributed by atoms with E-state index in [2.05, 4.69) is 15.9 Å². The van der Waals surface area contributed by atoms with Crippen molar-refractivity contribution < 1.29 is 13.9 Å². The molecule has 2 fully saturated rings. The standard InChI is InChI=1S/C27H37FN4O2/c1-34-25-9-5-3-7-23(25)20-31-16-18-32(19-17-31)27(33)26(29)22-11-14-30(15-12-22)13-10-21-6-2-4-8-24(21)28/h2-9,22,26H,10-20,29H2,1H3/t26-/m1/s1. The third kappa shape index (κ3) is 6.14. The van der Waals surface area contributed by atoms with Crippen molar-refractivity contribution in [1.29, 1.82) is 0 Å². The van der Waals surface area contributed by atoms with Crippen molar-refractivity contribution in [3.63, 3.8) is 0 Å². The van der Waals surface area contributed by atoms with Gasteiger partial charge in [-0.1, -0.05) is 36.4 Å². The highest BCUT2D eigenvalue weighted by atomic mass is 19.1. The minimum atomic E-state index is -0.436. The zero-order valence-electron chi connectivity index (χ0n) is 20.2. The number of nitrogens with two attached hydrogens (primary N) is 1. The maximum atomic E-state index is 13.9. The summed E-state index contributed by atoms with van der Waals surface area (Å²) < 4.78 is 19.3. The van der Waals surface area contributed by atoms with Crippen molar-refractivity contribution in [3.8, 4) is 5.75 Å². The van der Waals surface area contributed by atoms with Crippen LogP contribution in [0, 0.1) is 11.7 Å². The van der Waals surface area contributed by atoms with Crippen LogP contribution in [0.4, 0.5) is 4.39 Å². The Morgan fingerprint density at radius 3 is 2.29 bits per heavy atom. The van der Waals surface area contributed by atoms with E-state index < -0.39 is 6.04 Å². The van der Waals surface area contributed by atoms with E-state index in [4.69, 9.17) is 10.5 Å². The van der Waals surface area contributed by atoms with Crippen LogP contribution in [0.25, 0.3) is 0 Å². The van der Waals surface area contributed by atoms with Gasteiger partial charge in [-0.05, 0) is 56.0 Å². The molecule has 0 bridgehead atoms. The van der Waals surface area contributed by atoms with Gasteiger partial charge in [-0.2, -0.15) is 0 Å². The molecule has 2 saturated heterocycles. The second-order valence-corrected chi connectivity index (χ2v) is 9.46. The molecule has 2 aromatic carbocycles. The molecule has 0 aliphatic carbocycles. The molecule has 2 aromatic rings. The summed E-state index contributed by atoms with van der Waals surface area (Å²) in [6, 6.07) is 14.6. The molecule has 0 radical (unpaired) electrons. The molecule has 7 heteroatoms. The summed E-state index contributed by atoms with van der Waals surface area (Å²) in [4.78, 5) is 19.8. The Morgan fingerprint density at radius 2 is 1.62 bits per heavy atom. The number of piperidine rings is 1. The molecule has 0 unspecified atom stereocenters. The van der Waals surface area contributed by atoms with Gasteiger partial charge in [-0.25, -0.2) is 4.39 Å².